The van der Waals surface area contributed by atoms with Crippen molar-refractivity contribution in [3.05, 3.63) is 0 Å². The summed E-state index contributed by atoms with van der Waals surface area (Å²) >= 11 is 0. The zero-order valence-corrected chi connectivity index (χ0v) is 31.3. The molecule has 278 valence electrons. The SMILES string of the molecule is CCCCCCCOC(=O)CCCCCCCN(CCCCCCCC(=O)OC(CCCC)CCCCC)CCCN=C(N)NOC. The predicted octanol–water partition coefficient (Wildman–Crippen LogP) is 9.02. The molecule has 3 N–H and O–H groups in total. The Morgan fingerprint density at radius 2 is 1.15 bits per heavy atom. The molecule has 0 aliphatic heterocycles. The summed E-state index contributed by atoms with van der Waals surface area (Å²) in [5.41, 5.74) is 8.34. The van der Waals surface area contributed by atoms with E-state index in [2.05, 4.69) is 36.1 Å². The van der Waals surface area contributed by atoms with Crippen LogP contribution in [0, 0.1) is 0 Å². The van der Waals surface area contributed by atoms with E-state index >= 15 is 0 Å². The molecule has 0 radical (unpaired) electrons. The standard InChI is InChI=1S/C38H76N4O5/c1-5-8-11-18-24-34-46-36(43)28-20-14-12-16-22-31-42(33-25-30-40-38(39)41-45-4)32-23-17-13-15-21-29-37(44)47-35(26-10-7-3)27-19-9-6-2/h35H,5-34H2,1-4H3,(H3,39,40,41). The number of carbonyl (C=O) groups is 2. The predicted molar refractivity (Wildman–Crippen MR) is 196 cm³/mol. The van der Waals surface area contributed by atoms with Gasteiger partial charge >= 0.3 is 11.9 Å². The third-order valence-electron chi connectivity index (χ3n) is 8.65. The molecule has 0 rings (SSSR count). The topological polar surface area (TPSA) is 115 Å². The van der Waals surface area contributed by atoms with Crippen LogP contribution in [0.5, 0.6) is 0 Å². The number of hydrogen-bond acceptors (Lipinski definition) is 7. The van der Waals surface area contributed by atoms with E-state index in [1.807, 2.05) is 0 Å². The van der Waals surface area contributed by atoms with E-state index in [0.717, 1.165) is 116 Å². The van der Waals surface area contributed by atoms with Gasteiger partial charge in [-0.1, -0.05) is 111 Å². The van der Waals surface area contributed by atoms with Gasteiger partial charge in [-0.3, -0.25) is 19.4 Å². The molecule has 9 nitrogen and oxygen atoms in total. The lowest BCUT2D eigenvalue weighted by Gasteiger charge is -2.22. The van der Waals surface area contributed by atoms with Gasteiger partial charge in [-0.2, -0.15) is 0 Å². The summed E-state index contributed by atoms with van der Waals surface area (Å²) in [6.45, 7) is 11.0. The number of aliphatic imine (C=N–C) groups is 1. The van der Waals surface area contributed by atoms with Crippen LogP contribution in [0.25, 0.3) is 0 Å². The molecule has 1 unspecified atom stereocenters. The Kier molecular flexibility index (Phi) is 34.0. The highest BCUT2D eigenvalue weighted by Crippen LogP contribution is 2.16. The first kappa shape index (κ1) is 45.1. The van der Waals surface area contributed by atoms with Gasteiger partial charge in [0.15, 0.2) is 0 Å². The fraction of sp³-hybridized carbons (Fsp3) is 0.921. The molecular weight excluding hydrogens is 592 g/mol. The zero-order valence-electron chi connectivity index (χ0n) is 31.3. The second-order valence-corrected chi connectivity index (χ2v) is 13.2. The molecule has 0 aromatic heterocycles. The Morgan fingerprint density at radius 1 is 0.638 bits per heavy atom. The average Bonchev–Trinajstić information content (AvgIpc) is 3.05. The van der Waals surface area contributed by atoms with E-state index in [9.17, 15) is 9.59 Å². The van der Waals surface area contributed by atoms with Crippen molar-refractivity contribution in [3.8, 4) is 0 Å². The normalized spacial score (nSPS) is 12.4. The number of nitrogens with one attached hydrogen (secondary N) is 1. The third kappa shape index (κ3) is 32.5. The Hall–Kier alpha value is -1.87. The third-order valence-corrected chi connectivity index (χ3v) is 8.65. The Labute approximate surface area is 289 Å². The Bertz CT molecular complexity index is 737. The largest absolute Gasteiger partial charge is 0.466 e. The van der Waals surface area contributed by atoms with Gasteiger partial charge in [0.05, 0.1) is 13.7 Å². The Balaban J connectivity index is 4.23. The van der Waals surface area contributed by atoms with Crippen molar-refractivity contribution < 1.29 is 23.9 Å². The molecule has 0 aromatic carbocycles. The highest BCUT2D eigenvalue weighted by atomic mass is 16.6. The number of unbranched alkanes of at least 4 members (excludes halogenated alkanes) is 15. The van der Waals surface area contributed by atoms with Crippen LogP contribution >= 0.6 is 0 Å². The van der Waals surface area contributed by atoms with E-state index < -0.39 is 0 Å². The molecule has 0 heterocycles. The van der Waals surface area contributed by atoms with Gasteiger partial charge in [-0.15, -0.1) is 0 Å². The van der Waals surface area contributed by atoms with E-state index in [1.54, 1.807) is 0 Å². The first-order chi connectivity index (χ1) is 23.0. The number of nitrogens with two attached hydrogens (primary N) is 1. The maximum absolute atomic E-state index is 12.4. The van der Waals surface area contributed by atoms with Gasteiger partial charge in [0, 0.05) is 19.4 Å². The summed E-state index contributed by atoms with van der Waals surface area (Å²) in [6, 6.07) is 0. The van der Waals surface area contributed by atoms with E-state index in [4.69, 9.17) is 20.0 Å². The number of ether oxygens (including phenoxy) is 2. The Morgan fingerprint density at radius 3 is 1.79 bits per heavy atom. The van der Waals surface area contributed by atoms with Crippen molar-refractivity contribution in [1.82, 2.24) is 10.4 Å². The quantitative estimate of drug-likeness (QED) is 0.0226. The number of guanidine groups is 1. The lowest BCUT2D eigenvalue weighted by Crippen LogP contribution is -2.31. The van der Waals surface area contributed by atoms with Gasteiger partial charge in [0.2, 0.25) is 5.96 Å². The van der Waals surface area contributed by atoms with Gasteiger partial charge in [0.25, 0.3) is 0 Å². The number of nitrogens with zero attached hydrogens (tertiary/aromatic N) is 2. The number of rotatable bonds is 35. The van der Waals surface area contributed by atoms with Crippen LogP contribution in [-0.2, 0) is 23.9 Å². The molecule has 0 aliphatic carbocycles. The number of carbonyl (C=O) groups excluding carboxylic acids is 2. The molecule has 0 saturated carbocycles. The summed E-state index contributed by atoms with van der Waals surface area (Å²) in [5, 5.41) is 0. The number of hydrogen-bond donors (Lipinski definition) is 2. The summed E-state index contributed by atoms with van der Waals surface area (Å²) in [6.07, 6.45) is 26.9. The minimum absolute atomic E-state index is 0.00845. The van der Waals surface area contributed by atoms with Crippen LogP contribution in [0.2, 0.25) is 0 Å². The molecule has 1 atom stereocenters. The van der Waals surface area contributed by atoms with Crippen molar-refractivity contribution >= 4 is 17.9 Å². The number of esters is 2. The minimum atomic E-state index is -0.0375. The summed E-state index contributed by atoms with van der Waals surface area (Å²) < 4.78 is 11.2. The van der Waals surface area contributed by atoms with Crippen molar-refractivity contribution in [3.63, 3.8) is 0 Å². The molecule has 0 aliphatic rings. The van der Waals surface area contributed by atoms with Crippen LogP contribution in [-0.4, -0.2) is 68.8 Å². The molecule has 0 spiro atoms. The van der Waals surface area contributed by atoms with Gasteiger partial charge < -0.3 is 20.1 Å². The average molecular weight is 669 g/mol. The summed E-state index contributed by atoms with van der Waals surface area (Å²) in [4.78, 5) is 36.1. The van der Waals surface area contributed by atoms with Crippen LogP contribution in [0.15, 0.2) is 4.99 Å². The molecule has 0 saturated heterocycles. The molecule has 0 bridgehead atoms. The molecule has 0 amide bonds. The minimum Gasteiger partial charge on any atom is -0.466 e. The summed E-state index contributed by atoms with van der Waals surface area (Å²) in [5.74, 6) is 0.266. The van der Waals surface area contributed by atoms with Crippen LogP contribution in [0.1, 0.15) is 181 Å². The first-order valence-electron chi connectivity index (χ1n) is 19.6. The van der Waals surface area contributed by atoms with Gasteiger partial charge in [0.1, 0.15) is 6.10 Å². The molecule has 47 heavy (non-hydrogen) atoms. The van der Waals surface area contributed by atoms with E-state index in [1.165, 1.54) is 58.5 Å². The fourth-order valence-electron chi connectivity index (χ4n) is 5.76. The second kappa shape index (κ2) is 35.4. The van der Waals surface area contributed by atoms with E-state index in [-0.39, 0.29) is 18.0 Å². The summed E-state index contributed by atoms with van der Waals surface area (Å²) in [7, 11) is 1.53. The first-order valence-corrected chi connectivity index (χ1v) is 19.6. The molecule has 0 fully saturated rings. The fourth-order valence-corrected chi connectivity index (χ4v) is 5.76. The number of hydroxylamine groups is 1. The molecule has 9 heteroatoms. The van der Waals surface area contributed by atoms with Gasteiger partial charge in [-0.05, 0) is 77.4 Å². The van der Waals surface area contributed by atoms with Crippen molar-refractivity contribution in [2.45, 2.75) is 187 Å². The van der Waals surface area contributed by atoms with Crippen LogP contribution in [0.4, 0.5) is 0 Å². The van der Waals surface area contributed by atoms with Crippen LogP contribution in [0.3, 0.4) is 0 Å². The van der Waals surface area contributed by atoms with E-state index in [0.29, 0.717) is 32.0 Å². The monoisotopic (exact) mass is 669 g/mol. The van der Waals surface area contributed by atoms with Crippen molar-refractivity contribution in [1.29, 1.82) is 0 Å². The van der Waals surface area contributed by atoms with Crippen molar-refractivity contribution in [2.24, 2.45) is 10.7 Å². The molecule has 0 aromatic rings. The maximum atomic E-state index is 12.4. The smallest absolute Gasteiger partial charge is 0.306 e. The highest BCUT2D eigenvalue weighted by molar-refractivity contribution is 5.76. The van der Waals surface area contributed by atoms with Crippen molar-refractivity contribution in [2.75, 3.05) is 39.9 Å². The lowest BCUT2D eigenvalue weighted by atomic mass is 10.1. The zero-order chi connectivity index (χ0) is 34.6. The lowest BCUT2D eigenvalue weighted by molar-refractivity contribution is -0.150. The maximum Gasteiger partial charge on any atom is 0.306 e. The van der Waals surface area contributed by atoms with Crippen LogP contribution < -0.4 is 11.2 Å². The molecular formula is C38H76N4O5. The highest BCUT2D eigenvalue weighted by Gasteiger charge is 2.14. The second-order valence-electron chi connectivity index (χ2n) is 13.2. The van der Waals surface area contributed by atoms with Gasteiger partial charge in [-0.25, -0.2) is 5.48 Å².